The van der Waals surface area contributed by atoms with Crippen molar-refractivity contribution in [3.63, 3.8) is 0 Å². The van der Waals surface area contributed by atoms with Crippen LogP contribution in [0.4, 0.5) is 0 Å². The smallest absolute Gasteiger partial charge is 0.0333 e. The first-order chi connectivity index (χ1) is 8.57. The number of piperazine rings is 1. The van der Waals surface area contributed by atoms with Crippen LogP contribution in [0.2, 0.25) is 0 Å². The van der Waals surface area contributed by atoms with E-state index < -0.39 is 0 Å². The molecule has 0 bridgehead atoms. The van der Waals surface area contributed by atoms with E-state index in [-0.39, 0.29) is 0 Å². The highest BCUT2D eigenvalue weighted by Gasteiger charge is 2.39. The van der Waals surface area contributed by atoms with Gasteiger partial charge in [-0.1, -0.05) is 19.8 Å². The van der Waals surface area contributed by atoms with E-state index in [1.165, 1.54) is 51.7 Å². The summed E-state index contributed by atoms with van der Waals surface area (Å²) in [4.78, 5) is 5.19. The fraction of sp³-hybridized carbons (Fsp3) is 1.00. The Balaban J connectivity index is 2.06. The van der Waals surface area contributed by atoms with E-state index in [0.29, 0.717) is 11.6 Å². The standard InChI is InChI=1S/C15H31N3/c1-13-5-4-7-15(12-16,8-6-13)18-10-9-17(3)14(2)11-18/h13-14H,4-12,16H2,1-3H3. The molecule has 0 spiro atoms. The minimum Gasteiger partial charge on any atom is -0.329 e. The summed E-state index contributed by atoms with van der Waals surface area (Å²) in [5, 5.41) is 0. The first kappa shape index (κ1) is 14.3. The van der Waals surface area contributed by atoms with Crippen LogP contribution in [0.15, 0.2) is 0 Å². The maximum absolute atomic E-state index is 6.21. The van der Waals surface area contributed by atoms with Crippen LogP contribution >= 0.6 is 0 Å². The minimum atomic E-state index is 0.306. The van der Waals surface area contributed by atoms with Crippen molar-refractivity contribution in [3.05, 3.63) is 0 Å². The molecule has 18 heavy (non-hydrogen) atoms. The van der Waals surface area contributed by atoms with Gasteiger partial charge in [0.2, 0.25) is 0 Å². The Kier molecular flexibility index (Phi) is 4.68. The Morgan fingerprint density at radius 1 is 1.17 bits per heavy atom. The van der Waals surface area contributed by atoms with E-state index in [1.54, 1.807) is 0 Å². The highest BCUT2D eigenvalue weighted by Crippen LogP contribution is 2.35. The first-order valence-electron chi connectivity index (χ1n) is 7.73. The van der Waals surface area contributed by atoms with Gasteiger partial charge in [-0.25, -0.2) is 0 Å². The molecule has 3 heteroatoms. The Hall–Kier alpha value is -0.120. The normalized spacial score (nSPS) is 40.7. The van der Waals surface area contributed by atoms with Crippen molar-refractivity contribution in [2.45, 2.75) is 57.5 Å². The third-order valence-corrected chi connectivity index (χ3v) is 5.45. The van der Waals surface area contributed by atoms with Crippen LogP contribution in [0.3, 0.4) is 0 Å². The number of nitrogens with zero attached hydrogens (tertiary/aromatic N) is 2. The summed E-state index contributed by atoms with van der Waals surface area (Å²) < 4.78 is 0. The molecule has 0 radical (unpaired) electrons. The van der Waals surface area contributed by atoms with Gasteiger partial charge in [-0.2, -0.15) is 0 Å². The van der Waals surface area contributed by atoms with Crippen molar-refractivity contribution in [1.82, 2.24) is 9.80 Å². The second kappa shape index (κ2) is 5.89. The van der Waals surface area contributed by atoms with Gasteiger partial charge in [-0.3, -0.25) is 4.90 Å². The largest absolute Gasteiger partial charge is 0.329 e. The van der Waals surface area contributed by atoms with Gasteiger partial charge in [0.15, 0.2) is 0 Å². The van der Waals surface area contributed by atoms with Crippen molar-refractivity contribution in [2.24, 2.45) is 11.7 Å². The fourth-order valence-electron chi connectivity index (χ4n) is 3.69. The molecule has 2 aliphatic rings. The zero-order valence-corrected chi connectivity index (χ0v) is 12.5. The number of nitrogens with two attached hydrogens (primary N) is 1. The second-order valence-corrected chi connectivity index (χ2v) is 6.74. The molecule has 3 nitrogen and oxygen atoms in total. The predicted octanol–water partition coefficient (Wildman–Crippen LogP) is 1.92. The lowest BCUT2D eigenvalue weighted by atomic mass is 9.86. The molecule has 1 heterocycles. The van der Waals surface area contributed by atoms with Gasteiger partial charge in [0.1, 0.15) is 0 Å². The van der Waals surface area contributed by atoms with E-state index in [2.05, 4.69) is 30.7 Å². The third kappa shape index (κ3) is 2.89. The average Bonchev–Trinajstić information content (AvgIpc) is 2.56. The summed E-state index contributed by atoms with van der Waals surface area (Å²) >= 11 is 0. The van der Waals surface area contributed by atoms with E-state index in [4.69, 9.17) is 5.73 Å². The van der Waals surface area contributed by atoms with Crippen molar-refractivity contribution in [3.8, 4) is 0 Å². The molecule has 2 N–H and O–H groups in total. The van der Waals surface area contributed by atoms with Gasteiger partial charge >= 0.3 is 0 Å². The molecule has 1 aliphatic carbocycles. The molecule has 106 valence electrons. The van der Waals surface area contributed by atoms with Gasteiger partial charge in [-0.05, 0) is 39.2 Å². The summed E-state index contributed by atoms with van der Waals surface area (Å²) in [6, 6.07) is 0.669. The fourth-order valence-corrected chi connectivity index (χ4v) is 3.69. The molecular formula is C15H31N3. The minimum absolute atomic E-state index is 0.306. The highest BCUT2D eigenvalue weighted by molar-refractivity contribution is 4.96. The van der Waals surface area contributed by atoms with Crippen LogP contribution in [-0.2, 0) is 0 Å². The van der Waals surface area contributed by atoms with E-state index in [0.717, 1.165) is 12.5 Å². The topological polar surface area (TPSA) is 32.5 Å². The van der Waals surface area contributed by atoms with Gasteiger partial charge in [0.25, 0.3) is 0 Å². The molecule has 2 rings (SSSR count). The Morgan fingerprint density at radius 3 is 2.61 bits per heavy atom. The van der Waals surface area contributed by atoms with Crippen LogP contribution in [0, 0.1) is 5.92 Å². The molecule has 1 saturated heterocycles. The van der Waals surface area contributed by atoms with Crippen molar-refractivity contribution < 1.29 is 0 Å². The zero-order valence-electron chi connectivity index (χ0n) is 12.5. The molecule has 2 fully saturated rings. The zero-order chi connectivity index (χ0) is 13.2. The average molecular weight is 253 g/mol. The molecule has 0 aromatic rings. The van der Waals surface area contributed by atoms with Gasteiger partial charge in [0, 0.05) is 37.8 Å². The molecular weight excluding hydrogens is 222 g/mol. The summed E-state index contributed by atoms with van der Waals surface area (Å²) in [6.45, 7) is 9.18. The van der Waals surface area contributed by atoms with Crippen LogP contribution in [0.25, 0.3) is 0 Å². The molecule has 1 aliphatic heterocycles. The summed E-state index contributed by atoms with van der Waals surface area (Å²) in [5.41, 5.74) is 6.51. The molecule has 3 atom stereocenters. The number of likely N-dealkylation sites (N-methyl/N-ethyl adjacent to an activating group) is 1. The Bertz CT molecular complexity index is 268. The molecule has 0 amide bonds. The molecule has 3 unspecified atom stereocenters. The first-order valence-corrected chi connectivity index (χ1v) is 7.73. The Labute approximate surface area is 113 Å². The van der Waals surface area contributed by atoms with Crippen LogP contribution in [0.5, 0.6) is 0 Å². The summed E-state index contributed by atoms with van der Waals surface area (Å²) in [7, 11) is 2.24. The molecule has 1 saturated carbocycles. The van der Waals surface area contributed by atoms with Crippen molar-refractivity contribution >= 4 is 0 Å². The van der Waals surface area contributed by atoms with E-state index in [1.807, 2.05) is 0 Å². The van der Waals surface area contributed by atoms with Crippen molar-refractivity contribution in [2.75, 3.05) is 33.2 Å². The summed E-state index contributed by atoms with van der Waals surface area (Å²) in [6.07, 6.45) is 6.73. The predicted molar refractivity (Wildman–Crippen MR) is 77.7 cm³/mol. The molecule has 0 aromatic carbocycles. The van der Waals surface area contributed by atoms with Gasteiger partial charge < -0.3 is 10.6 Å². The number of hydrogen-bond donors (Lipinski definition) is 1. The lowest BCUT2D eigenvalue weighted by molar-refractivity contribution is 0.00904. The van der Waals surface area contributed by atoms with E-state index in [9.17, 15) is 0 Å². The van der Waals surface area contributed by atoms with Crippen molar-refractivity contribution in [1.29, 1.82) is 0 Å². The number of hydrogen-bond acceptors (Lipinski definition) is 3. The lowest BCUT2D eigenvalue weighted by Gasteiger charge is -2.49. The van der Waals surface area contributed by atoms with Crippen LogP contribution in [-0.4, -0.2) is 54.6 Å². The summed E-state index contributed by atoms with van der Waals surface area (Å²) in [5.74, 6) is 0.892. The highest BCUT2D eigenvalue weighted by atomic mass is 15.3. The quantitative estimate of drug-likeness (QED) is 0.763. The van der Waals surface area contributed by atoms with Gasteiger partial charge in [-0.15, -0.1) is 0 Å². The third-order valence-electron chi connectivity index (χ3n) is 5.45. The maximum atomic E-state index is 6.21. The second-order valence-electron chi connectivity index (χ2n) is 6.74. The Morgan fingerprint density at radius 2 is 1.94 bits per heavy atom. The van der Waals surface area contributed by atoms with Crippen LogP contribution < -0.4 is 5.73 Å². The monoisotopic (exact) mass is 253 g/mol. The maximum Gasteiger partial charge on any atom is 0.0333 e. The number of rotatable bonds is 2. The SMILES string of the molecule is CC1CCCC(CN)(N2CCN(C)C(C)C2)CC1. The van der Waals surface area contributed by atoms with Gasteiger partial charge in [0.05, 0.1) is 0 Å². The lowest BCUT2D eigenvalue weighted by Crippen LogP contribution is -2.61. The van der Waals surface area contributed by atoms with E-state index >= 15 is 0 Å². The van der Waals surface area contributed by atoms with Crippen LogP contribution in [0.1, 0.15) is 46.0 Å². The molecule has 0 aromatic heterocycles.